The fourth-order valence-corrected chi connectivity index (χ4v) is 1.92. The number of hydrogen-bond acceptors (Lipinski definition) is 5. The van der Waals surface area contributed by atoms with Gasteiger partial charge in [0.15, 0.2) is 6.04 Å². The van der Waals surface area contributed by atoms with E-state index in [1.807, 2.05) is 0 Å². The summed E-state index contributed by atoms with van der Waals surface area (Å²) in [7, 11) is 1.23. The van der Waals surface area contributed by atoms with E-state index in [0.29, 0.717) is 0 Å². The summed E-state index contributed by atoms with van der Waals surface area (Å²) in [6.07, 6.45) is -1.54. The molecular weight excluding hydrogens is 238 g/mol. The van der Waals surface area contributed by atoms with E-state index in [1.54, 1.807) is 27.7 Å². The van der Waals surface area contributed by atoms with Crippen molar-refractivity contribution in [3.05, 3.63) is 0 Å². The molecule has 0 radical (unpaired) electrons. The van der Waals surface area contributed by atoms with Crippen LogP contribution in [-0.4, -0.2) is 53.5 Å². The highest BCUT2D eigenvalue weighted by molar-refractivity contribution is 5.83. The molecule has 0 aromatic rings. The topological polar surface area (TPSA) is 76.1 Å². The first-order valence-electron chi connectivity index (χ1n) is 5.93. The Balaban J connectivity index is 2.86. The number of likely N-dealkylation sites (tertiary alicyclic amines) is 1. The quantitative estimate of drug-likeness (QED) is 0.704. The van der Waals surface area contributed by atoms with Gasteiger partial charge in [-0.25, -0.2) is 9.59 Å². The molecule has 0 aromatic heterocycles. The third-order valence-electron chi connectivity index (χ3n) is 2.80. The fourth-order valence-electron chi connectivity index (χ4n) is 1.92. The first kappa shape index (κ1) is 14.8. The van der Waals surface area contributed by atoms with Crippen LogP contribution in [0.4, 0.5) is 4.79 Å². The minimum absolute atomic E-state index is 0.193. The van der Waals surface area contributed by atoms with Crippen molar-refractivity contribution < 1.29 is 24.2 Å². The van der Waals surface area contributed by atoms with Crippen LogP contribution in [0.15, 0.2) is 0 Å². The Morgan fingerprint density at radius 2 is 1.89 bits per heavy atom. The number of rotatable bonds is 1. The minimum atomic E-state index is -0.986. The Labute approximate surface area is 107 Å². The van der Waals surface area contributed by atoms with Gasteiger partial charge in [-0.3, -0.25) is 4.90 Å². The van der Waals surface area contributed by atoms with Crippen molar-refractivity contribution in [3.8, 4) is 0 Å². The number of amides is 1. The molecule has 18 heavy (non-hydrogen) atoms. The SMILES string of the molecule is COC(=O)[C@@H]1[C@@H](O)[C@@H](C)CN1C(=O)OC(C)(C)C. The number of aliphatic hydroxyl groups excluding tert-OH is 1. The average Bonchev–Trinajstić information content (AvgIpc) is 2.52. The van der Waals surface area contributed by atoms with Gasteiger partial charge in [0.25, 0.3) is 0 Å². The molecule has 3 atom stereocenters. The molecule has 6 nitrogen and oxygen atoms in total. The standard InChI is InChI=1S/C12H21NO5/c1-7-6-13(11(16)18-12(2,3)4)8(9(7)14)10(15)17-5/h7-9,14H,6H2,1-5H3/t7-,8-,9-/m0/s1. The zero-order chi connectivity index (χ0) is 14.1. The second-order valence-corrected chi connectivity index (χ2v) is 5.57. The predicted molar refractivity (Wildman–Crippen MR) is 63.9 cm³/mol. The average molecular weight is 259 g/mol. The summed E-state index contributed by atoms with van der Waals surface area (Å²) in [5.74, 6) is -0.820. The van der Waals surface area contributed by atoms with Gasteiger partial charge in [0.1, 0.15) is 5.60 Å². The Kier molecular flexibility index (Phi) is 4.21. The molecule has 1 saturated heterocycles. The number of carbonyl (C=O) groups is 2. The van der Waals surface area contributed by atoms with Crippen LogP contribution < -0.4 is 0 Å². The van der Waals surface area contributed by atoms with E-state index in [1.165, 1.54) is 12.0 Å². The number of methoxy groups -OCH3 is 1. The third-order valence-corrected chi connectivity index (χ3v) is 2.80. The summed E-state index contributed by atoms with van der Waals surface area (Å²) >= 11 is 0. The van der Waals surface area contributed by atoms with Gasteiger partial charge in [-0.1, -0.05) is 6.92 Å². The second-order valence-electron chi connectivity index (χ2n) is 5.57. The number of ether oxygens (including phenoxy) is 2. The summed E-state index contributed by atoms with van der Waals surface area (Å²) in [5, 5.41) is 9.93. The van der Waals surface area contributed by atoms with Crippen LogP contribution >= 0.6 is 0 Å². The van der Waals surface area contributed by atoms with Crippen LogP contribution in [0, 0.1) is 5.92 Å². The minimum Gasteiger partial charge on any atom is -0.467 e. The van der Waals surface area contributed by atoms with E-state index in [-0.39, 0.29) is 12.5 Å². The first-order valence-corrected chi connectivity index (χ1v) is 5.93. The molecule has 1 aliphatic heterocycles. The van der Waals surface area contributed by atoms with Crippen molar-refractivity contribution in [2.24, 2.45) is 5.92 Å². The number of esters is 1. The maximum absolute atomic E-state index is 12.0. The zero-order valence-electron chi connectivity index (χ0n) is 11.5. The number of nitrogens with zero attached hydrogens (tertiary/aromatic N) is 1. The van der Waals surface area contributed by atoms with Crippen molar-refractivity contribution in [1.82, 2.24) is 4.90 Å². The highest BCUT2D eigenvalue weighted by Crippen LogP contribution is 2.26. The highest BCUT2D eigenvalue weighted by Gasteiger charge is 2.47. The molecule has 0 bridgehead atoms. The van der Waals surface area contributed by atoms with Gasteiger partial charge in [0.2, 0.25) is 0 Å². The van der Waals surface area contributed by atoms with Crippen molar-refractivity contribution in [3.63, 3.8) is 0 Å². The number of hydrogen-bond donors (Lipinski definition) is 1. The maximum atomic E-state index is 12.0. The van der Waals surface area contributed by atoms with Crippen LogP contribution in [0.2, 0.25) is 0 Å². The van der Waals surface area contributed by atoms with Crippen LogP contribution in [0.5, 0.6) is 0 Å². The molecule has 0 aliphatic carbocycles. The Hall–Kier alpha value is -1.30. The molecule has 1 rings (SSSR count). The van der Waals surface area contributed by atoms with Gasteiger partial charge >= 0.3 is 12.1 Å². The van der Waals surface area contributed by atoms with E-state index < -0.39 is 29.8 Å². The summed E-state index contributed by atoms with van der Waals surface area (Å²) in [6.45, 7) is 7.27. The lowest BCUT2D eigenvalue weighted by Crippen LogP contribution is -2.47. The predicted octanol–water partition coefficient (Wildman–Crippen LogP) is 0.776. The Bertz CT molecular complexity index is 336. The summed E-state index contributed by atoms with van der Waals surface area (Å²) in [4.78, 5) is 24.8. The second kappa shape index (κ2) is 5.14. The molecular formula is C12H21NO5. The molecule has 6 heteroatoms. The lowest BCUT2D eigenvalue weighted by Gasteiger charge is -2.27. The van der Waals surface area contributed by atoms with E-state index >= 15 is 0 Å². The van der Waals surface area contributed by atoms with Crippen LogP contribution in [0.25, 0.3) is 0 Å². The largest absolute Gasteiger partial charge is 0.467 e. The molecule has 1 amide bonds. The van der Waals surface area contributed by atoms with E-state index in [0.717, 1.165) is 0 Å². The van der Waals surface area contributed by atoms with Gasteiger partial charge in [0.05, 0.1) is 13.2 Å². The Morgan fingerprint density at radius 1 is 1.33 bits per heavy atom. The summed E-state index contributed by atoms with van der Waals surface area (Å²) < 4.78 is 9.83. The molecule has 1 aliphatic rings. The van der Waals surface area contributed by atoms with Crippen LogP contribution in [0.3, 0.4) is 0 Å². The lowest BCUT2D eigenvalue weighted by molar-refractivity contribution is -0.148. The van der Waals surface area contributed by atoms with E-state index in [4.69, 9.17) is 4.74 Å². The normalized spacial score (nSPS) is 28.1. The van der Waals surface area contributed by atoms with Gasteiger partial charge in [-0.2, -0.15) is 0 Å². The zero-order valence-corrected chi connectivity index (χ0v) is 11.5. The molecule has 0 saturated carbocycles. The molecule has 104 valence electrons. The van der Waals surface area contributed by atoms with Crippen LogP contribution in [-0.2, 0) is 14.3 Å². The van der Waals surface area contributed by atoms with Gasteiger partial charge in [-0.05, 0) is 20.8 Å². The van der Waals surface area contributed by atoms with Crippen molar-refractivity contribution in [2.45, 2.75) is 45.4 Å². The number of carbonyl (C=O) groups excluding carboxylic acids is 2. The lowest BCUT2D eigenvalue weighted by atomic mass is 10.0. The maximum Gasteiger partial charge on any atom is 0.411 e. The monoisotopic (exact) mass is 259 g/mol. The van der Waals surface area contributed by atoms with Crippen LogP contribution in [0.1, 0.15) is 27.7 Å². The first-order chi connectivity index (χ1) is 8.17. The molecule has 0 unspecified atom stereocenters. The van der Waals surface area contributed by atoms with E-state index in [9.17, 15) is 14.7 Å². The van der Waals surface area contributed by atoms with Crippen molar-refractivity contribution in [1.29, 1.82) is 0 Å². The van der Waals surface area contributed by atoms with Crippen molar-refractivity contribution in [2.75, 3.05) is 13.7 Å². The van der Waals surface area contributed by atoms with E-state index in [2.05, 4.69) is 4.74 Å². The van der Waals surface area contributed by atoms with Crippen molar-refractivity contribution >= 4 is 12.1 Å². The fraction of sp³-hybridized carbons (Fsp3) is 0.833. The van der Waals surface area contributed by atoms with Gasteiger partial charge in [0, 0.05) is 12.5 Å². The third kappa shape index (κ3) is 3.13. The molecule has 1 fully saturated rings. The molecule has 1 heterocycles. The highest BCUT2D eigenvalue weighted by atomic mass is 16.6. The smallest absolute Gasteiger partial charge is 0.411 e. The van der Waals surface area contributed by atoms with Gasteiger partial charge in [-0.15, -0.1) is 0 Å². The Morgan fingerprint density at radius 3 is 2.33 bits per heavy atom. The molecule has 0 spiro atoms. The summed E-state index contributed by atoms with van der Waals surface area (Å²) in [6, 6.07) is -0.986. The molecule has 0 aromatic carbocycles. The number of aliphatic hydroxyl groups is 1. The summed E-state index contributed by atoms with van der Waals surface area (Å²) in [5.41, 5.74) is -0.644. The molecule has 1 N–H and O–H groups in total. The van der Waals surface area contributed by atoms with Gasteiger partial charge < -0.3 is 14.6 Å².